The Kier molecular flexibility index (Phi) is 5.85. The number of hydrogen-bond donors (Lipinski definition) is 0. The summed E-state index contributed by atoms with van der Waals surface area (Å²) in [5.74, 6) is 0.969. The first-order valence-electron chi connectivity index (χ1n) is 7.69. The van der Waals surface area contributed by atoms with Crippen molar-refractivity contribution in [2.75, 3.05) is 0 Å². The van der Waals surface area contributed by atoms with E-state index in [1.54, 1.807) is 24.3 Å². The van der Waals surface area contributed by atoms with Crippen LogP contribution in [0.4, 0.5) is 0 Å². The van der Waals surface area contributed by atoms with Gasteiger partial charge in [-0.2, -0.15) is 0 Å². The number of rotatable bonds is 7. The molecule has 1 aromatic heterocycles. The summed E-state index contributed by atoms with van der Waals surface area (Å²) in [5.41, 5.74) is 2.20. The molecular weight excluding hydrogens is 386 g/mol. The van der Waals surface area contributed by atoms with Gasteiger partial charge in [0, 0.05) is 11.4 Å². The number of benzene rings is 2. The van der Waals surface area contributed by atoms with Crippen molar-refractivity contribution in [3.63, 3.8) is 0 Å². The summed E-state index contributed by atoms with van der Waals surface area (Å²) in [5, 5.41) is 4.52. The van der Waals surface area contributed by atoms with Crippen molar-refractivity contribution in [1.29, 1.82) is 0 Å². The Bertz CT molecular complexity index is 832. The molecule has 1 heterocycles. The van der Waals surface area contributed by atoms with E-state index in [1.165, 1.54) is 0 Å². The van der Waals surface area contributed by atoms with E-state index in [4.69, 9.17) is 14.0 Å². The van der Waals surface area contributed by atoms with Crippen LogP contribution in [0.3, 0.4) is 0 Å². The number of alkyl halides is 1. The number of esters is 1. The fourth-order valence-corrected chi connectivity index (χ4v) is 2.44. The smallest absolute Gasteiger partial charge is 0.338 e. The predicted octanol–water partition coefficient (Wildman–Crippen LogP) is 4.51. The molecule has 0 bridgehead atoms. The Morgan fingerprint density at radius 1 is 1.04 bits per heavy atom. The molecule has 3 rings (SSSR count). The van der Waals surface area contributed by atoms with Gasteiger partial charge in [0.05, 0.1) is 11.3 Å². The van der Waals surface area contributed by atoms with Crippen LogP contribution in [-0.4, -0.2) is 11.1 Å². The highest BCUT2D eigenvalue weighted by molar-refractivity contribution is 9.08. The summed E-state index contributed by atoms with van der Waals surface area (Å²) in [4.78, 5) is 12.0. The van der Waals surface area contributed by atoms with E-state index in [2.05, 4.69) is 21.1 Å². The van der Waals surface area contributed by atoms with E-state index in [9.17, 15) is 4.79 Å². The first kappa shape index (κ1) is 17.2. The molecule has 0 aliphatic heterocycles. The van der Waals surface area contributed by atoms with Crippen LogP contribution < -0.4 is 4.74 Å². The van der Waals surface area contributed by atoms with Crippen molar-refractivity contribution >= 4 is 21.9 Å². The molecule has 2 aromatic carbocycles. The van der Waals surface area contributed by atoms with Gasteiger partial charge in [-0.15, -0.1) is 0 Å². The van der Waals surface area contributed by atoms with Crippen molar-refractivity contribution < 1.29 is 18.8 Å². The zero-order valence-corrected chi connectivity index (χ0v) is 14.9. The van der Waals surface area contributed by atoms with Crippen LogP contribution in [0.5, 0.6) is 5.75 Å². The fourth-order valence-electron chi connectivity index (χ4n) is 2.17. The van der Waals surface area contributed by atoms with Crippen molar-refractivity contribution in [1.82, 2.24) is 5.16 Å². The number of halogens is 1. The first-order chi connectivity index (χ1) is 12.2. The van der Waals surface area contributed by atoms with Gasteiger partial charge in [0.25, 0.3) is 0 Å². The highest BCUT2D eigenvalue weighted by atomic mass is 79.9. The molecule has 6 heteroatoms. The third kappa shape index (κ3) is 4.93. The lowest BCUT2D eigenvalue weighted by Gasteiger charge is -2.08. The van der Waals surface area contributed by atoms with Crippen molar-refractivity contribution in [3.8, 4) is 5.75 Å². The average Bonchev–Trinajstić information content (AvgIpc) is 3.14. The highest BCUT2D eigenvalue weighted by Crippen LogP contribution is 2.17. The van der Waals surface area contributed by atoms with Crippen LogP contribution in [-0.2, 0) is 23.3 Å². The topological polar surface area (TPSA) is 61.6 Å². The average molecular weight is 402 g/mol. The Balaban J connectivity index is 1.55. The van der Waals surface area contributed by atoms with Gasteiger partial charge in [-0.25, -0.2) is 4.79 Å². The zero-order chi connectivity index (χ0) is 17.5. The molecule has 0 aliphatic rings. The molecule has 0 fully saturated rings. The van der Waals surface area contributed by atoms with Gasteiger partial charge in [-0.1, -0.05) is 51.4 Å². The Labute approximate surface area is 153 Å². The number of aromatic nitrogens is 1. The standard InChI is InChI=1S/C19H16BrNO4/c20-11-16-10-18(25-21-16)13-23-17-8-4-5-14(9-17)12-24-19(22)15-6-2-1-3-7-15/h1-10H,11-13H2. The van der Waals surface area contributed by atoms with E-state index in [0.29, 0.717) is 22.4 Å². The van der Waals surface area contributed by atoms with Gasteiger partial charge in [0.2, 0.25) is 0 Å². The SMILES string of the molecule is O=C(OCc1cccc(OCc2cc(CBr)no2)c1)c1ccccc1. The Morgan fingerprint density at radius 3 is 2.64 bits per heavy atom. The molecule has 5 nitrogen and oxygen atoms in total. The second-order valence-electron chi connectivity index (χ2n) is 5.30. The maximum atomic E-state index is 12.0. The van der Waals surface area contributed by atoms with E-state index in [-0.39, 0.29) is 19.2 Å². The second-order valence-corrected chi connectivity index (χ2v) is 5.86. The molecule has 25 heavy (non-hydrogen) atoms. The van der Waals surface area contributed by atoms with Crippen LogP contribution >= 0.6 is 15.9 Å². The minimum Gasteiger partial charge on any atom is -0.486 e. The molecule has 128 valence electrons. The molecule has 0 aliphatic carbocycles. The second kappa shape index (κ2) is 8.48. The maximum absolute atomic E-state index is 12.0. The maximum Gasteiger partial charge on any atom is 0.338 e. The number of carbonyl (C=O) groups is 1. The normalized spacial score (nSPS) is 10.4. The van der Waals surface area contributed by atoms with Crippen LogP contribution in [0.25, 0.3) is 0 Å². The lowest BCUT2D eigenvalue weighted by Crippen LogP contribution is -2.05. The lowest BCUT2D eigenvalue weighted by molar-refractivity contribution is 0.0472. The van der Waals surface area contributed by atoms with Gasteiger partial charge >= 0.3 is 5.97 Å². The van der Waals surface area contributed by atoms with Crippen LogP contribution in [0.15, 0.2) is 65.2 Å². The van der Waals surface area contributed by atoms with E-state index in [1.807, 2.05) is 36.4 Å². The van der Waals surface area contributed by atoms with Crippen LogP contribution in [0.2, 0.25) is 0 Å². The highest BCUT2D eigenvalue weighted by Gasteiger charge is 2.08. The number of nitrogens with zero attached hydrogens (tertiary/aromatic N) is 1. The number of ether oxygens (including phenoxy) is 2. The fraction of sp³-hybridized carbons (Fsp3) is 0.158. The minimum atomic E-state index is -0.351. The van der Waals surface area contributed by atoms with Crippen LogP contribution in [0.1, 0.15) is 27.4 Å². The van der Waals surface area contributed by atoms with Gasteiger partial charge in [-0.3, -0.25) is 0 Å². The predicted molar refractivity (Wildman–Crippen MR) is 95.5 cm³/mol. The molecule has 0 saturated heterocycles. The molecule has 0 radical (unpaired) electrons. The van der Waals surface area contributed by atoms with Crippen LogP contribution in [0, 0.1) is 0 Å². The number of carbonyl (C=O) groups excluding carboxylic acids is 1. The van der Waals surface area contributed by atoms with Gasteiger partial charge in [-0.05, 0) is 29.8 Å². The summed E-state index contributed by atoms with van der Waals surface area (Å²) >= 11 is 3.32. The molecule has 0 spiro atoms. The van der Waals surface area contributed by atoms with E-state index in [0.717, 1.165) is 11.3 Å². The molecule has 0 saturated carbocycles. The largest absolute Gasteiger partial charge is 0.486 e. The molecule has 0 N–H and O–H groups in total. The van der Waals surface area contributed by atoms with Crippen molar-refractivity contribution in [2.24, 2.45) is 0 Å². The molecule has 0 amide bonds. The van der Waals surface area contributed by atoms with Crippen molar-refractivity contribution in [3.05, 3.63) is 83.2 Å². The first-order valence-corrected chi connectivity index (χ1v) is 8.81. The van der Waals surface area contributed by atoms with E-state index >= 15 is 0 Å². The van der Waals surface area contributed by atoms with Gasteiger partial charge < -0.3 is 14.0 Å². The third-order valence-electron chi connectivity index (χ3n) is 3.40. The molecule has 0 atom stereocenters. The minimum absolute atomic E-state index is 0.182. The zero-order valence-electron chi connectivity index (χ0n) is 13.4. The number of hydrogen-bond acceptors (Lipinski definition) is 5. The summed E-state index contributed by atoms with van der Waals surface area (Å²) in [6.45, 7) is 0.466. The molecule has 3 aromatic rings. The Morgan fingerprint density at radius 2 is 1.88 bits per heavy atom. The quantitative estimate of drug-likeness (QED) is 0.430. The summed E-state index contributed by atoms with van der Waals surface area (Å²) in [6, 6.07) is 18.1. The van der Waals surface area contributed by atoms with Gasteiger partial charge in [0.1, 0.15) is 19.0 Å². The monoisotopic (exact) mass is 401 g/mol. The molecule has 0 unspecified atom stereocenters. The summed E-state index contributed by atoms with van der Waals surface area (Å²) < 4.78 is 16.2. The van der Waals surface area contributed by atoms with Gasteiger partial charge in [0.15, 0.2) is 5.76 Å². The van der Waals surface area contributed by atoms with Crippen molar-refractivity contribution in [2.45, 2.75) is 18.5 Å². The van der Waals surface area contributed by atoms with E-state index < -0.39 is 0 Å². The molecular formula is C19H16BrNO4. The Hall–Kier alpha value is -2.60. The summed E-state index contributed by atoms with van der Waals surface area (Å²) in [7, 11) is 0. The lowest BCUT2D eigenvalue weighted by atomic mass is 10.2. The summed E-state index contributed by atoms with van der Waals surface area (Å²) in [6.07, 6.45) is 0. The third-order valence-corrected chi connectivity index (χ3v) is 3.98.